The number of ether oxygens (including phenoxy) is 1. The normalized spacial score (nSPS) is 23.7. The first kappa shape index (κ1) is 23.1. The SMILES string of the molecule is CN(C1COC1)[C@H]1CCC(n2cc(C(N)=O)c(Nc3ccc(C(F)(F)F)cc3)n2)[C@H](C#N)C1. The van der Waals surface area contributed by atoms with E-state index < -0.39 is 17.6 Å². The molecule has 1 amide bonds. The lowest BCUT2D eigenvalue weighted by Crippen LogP contribution is -2.53. The molecule has 1 aromatic heterocycles. The molecule has 4 rings (SSSR count). The van der Waals surface area contributed by atoms with Crippen LogP contribution < -0.4 is 11.1 Å². The van der Waals surface area contributed by atoms with Gasteiger partial charge >= 0.3 is 6.18 Å². The van der Waals surface area contributed by atoms with Crippen LogP contribution in [0.25, 0.3) is 0 Å². The summed E-state index contributed by atoms with van der Waals surface area (Å²) in [5, 5.41) is 17.1. The van der Waals surface area contributed by atoms with E-state index in [1.807, 2.05) is 0 Å². The topological polar surface area (TPSA) is 109 Å². The van der Waals surface area contributed by atoms with Crippen LogP contribution in [0, 0.1) is 17.2 Å². The van der Waals surface area contributed by atoms with E-state index in [-0.39, 0.29) is 29.4 Å². The molecule has 11 heteroatoms. The Morgan fingerprint density at radius 1 is 1.27 bits per heavy atom. The molecule has 0 radical (unpaired) electrons. The number of nitrogens with one attached hydrogen (secondary N) is 1. The number of alkyl halides is 3. The third-order valence-corrected chi connectivity index (χ3v) is 6.54. The summed E-state index contributed by atoms with van der Waals surface area (Å²) in [4.78, 5) is 14.3. The van der Waals surface area contributed by atoms with Crippen LogP contribution in [-0.4, -0.2) is 52.9 Å². The zero-order valence-electron chi connectivity index (χ0n) is 18.0. The van der Waals surface area contributed by atoms with Crippen LogP contribution in [0.5, 0.6) is 0 Å². The van der Waals surface area contributed by atoms with Crippen LogP contribution >= 0.6 is 0 Å². The van der Waals surface area contributed by atoms with Gasteiger partial charge in [0.25, 0.3) is 5.91 Å². The van der Waals surface area contributed by atoms with E-state index in [0.717, 1.165) is 18.6 Å². The maximum absolute atomic E-state index is 12.8. The molecule has 2 aliphatic rings. The van der Waals surface area contributed by atoms with Crippen molar-refractivity contribution in [3.05, 3.63) is 41.6 Å². The maximum Gasteiger partial charge on any atom is 0.416 e. The van der Waals surface area contributed by atoms with E-state index in [2.05, 4.69) is 28.4 Å². The molecule has 1 aromatic carbocycles. The van der Waals surface area contributed by atoms with Gasteiger partial charge in [-0.3, -0.25) is 14.4 Å². The number of rotatable bonds is 6. The number of nitrogens with zero attached hydrogens (tertiary/aromatic N) is 4. The largest absolute Gasteiger partial charge is 0.416 e. The van der Waals surface area contributed by atoms with Gasteiger partial charge in [-0.15, -0.1) is 0 Å². The molecule has 2 heterocycles. The summed E-state index contributed by atoms with van der Waals surface area (Å²) < 4.78 is 45.3. The van der Waals surface area contributed by atoms with E-state index in [1.165, 1.54) is 18.3 Å². The van der Waals surface area contributed by atoms with Gasteiger partial charge in [0.1, 0.15) is 5.56 Å². The summed E-state index contributed by atoms with van der Waals surface area (Å²) in [6.07, 6.45) is -0.706. The highest BCUT2D eigenvalue weighted by molar-refractivity contribution is 5.98. The first-order chi connectivity index (χ1) is 15.7. The molecule has 33 heavy (non-hydrogen) atoms. The van der Waals surface area contributed by atoms with Crippen LogP contribution in [0.3, 0.4) is 0 Å². The second-order valence-corrected chi connectivity index (χ2v) is 8.56. The average Bonchev–Trinajstić information content (AvgIpc) is 3.15. The van der Waals surface area contributed by atoms with Gasteiger partial charge < -0.3 is 15.8 Å². The molecule has 1 saturated carbocycles. The fourth-order valence-electron chi connectivity index (χ4n) is 4.43. The average molecular weight is 462 g/mol. The lowest BCUT2D eigenvalue weighted by Gasteiger charge is -2.43. The zero-order valence-corrected chi connectivity index (χ0v) is 18.0. The van der Waals surface area contributed by atoms with E-state index in [1.54, 1.807) is 4.68 Å². The van der Waals surface area contributed by atoms with Crippen molar-refractivity contribution in [2.75, 3.05) is 25.6 Å². The van der Waals surface area contributed by atoms with Crippen molar-refractivity contribution >= 4 is 17.4 Å². The quantitative estimate of drug-likeness (QED) is 0.682. The van der Waals surface area contributed by atoms with Gasteiger partial charge in [0, 0.05) is 17.9 Å². The predicted molar refractivity (Wildman–Crippen MR) is 114 cm³/mol. The van der Waals surface area contributed by atoms with Crippen LogP contribution in [-0.2, 0) is 10.9 Å². The van der Waals surface area contributed by atoms with Crippen molar-refractivity contribution in [3.8, 4) is 6.07 Å². The number of amides is 1. The molecule has 0 spiro atoms. The molecule has 0 bridgehead atoms. The molecule has 1 saturated heterocycles. The van der Waals surface area contributed by atoms with Crippen molar-refractivity contribution in [1.82, 2.24) is 14.7 Å². The van der Waals surface area contributed by atoms with Crippen molar-refractivity contribution in [1.29, 1.82) is 5.26 Å². The van der Waals surface area contributed by atoms with Crippen molar-refractivity contribution in [2.24, 2.45) is 11.7 Å². The minimum absolute atomic E-state index is 0.109. The second kappa shape index (κ2) is 9.03. The van der Waals surface area contributed by atoms with E-state index in [0.29, 0.717) is 37.8 Å². The predicted octanol–water partition coefficient (Wildman–Crippen LogP) is 3.31. The molecule has 2 fully saturated rings. The number of nitrogens with two attached hydrogens (primary N) is 1. The van der Waals surface area contributed by atoms with E-state index >= 15 is 0 Å². The van der Waals surface area contributed by atoms with Crippen LogP contribution in [0.1, 0.15) is 41.2 Å². The minimum atomic E-state index is -4.44. The number of anilines is 2. The van der Waals surface area contributed by atoms with Crippen molar-refractivity contribution < 1.29 is 22.7 Å². The fraction of sp³-hybridized carbons (Fsp3) is 0.500. The highest BCUT2D eigenvalue weighted by Crippen LogP contribution is 2.37. The number of halogens is 3. The molecule has 176 valence electrons. The summed E-state index contributed by atoms with van der Waals surface area (Å²) in [5.41, 5.74) is 5.18. The Morgan fingerprint density at radius 2 is 1.97 bits per heavy atom. The first-order valence-corrected chi connectivity index (χ1v) is 10.7. The fourth-order valence-corrected chi connectivity index (χ4v) is 4.43. The zero-order chi connectivity index (χ0) is 23.8. The Kier molecular flexibility index (Phi) is 6.32. The summed E-state index contributed by atoms with van der Waals surface area (Å²) in [5.74, 6) is -0.890. The monoisotopic (exact) mass is 462 g/mol. The molecular weight excluding hydrogens is 437 g/mol. The molecule has 2 aromatic rings. The van der Waals surface area contributed by atoms with E-state index in [9.17, 15) is 23.2 Å². The molecule has 3 atom stereocenters. The second-order valence-electron chi connectivity index (χ2n) is 8.56. The van der Waals surface area contributed by atoms with Crippen molar-refractivity contribution in [2.45, 2.75) is 43.6 Å². The smallest absolute Gasteiger partial charge is 0.378 e. The molecule has 1 aliphatic heterocycles. The van der Waals surface area contributed by atoms with Gasteiger partial charge in [-0.2, -0.15) is 23.5 Å². The molecule has 8 nitrogen and oxygen atoms in total. The van der Waals surface area contributed by atoms with Gasteiger partial charge in [0.05, 0.1) is 42.8 Å². The maximum atomic E-state index is 12.8. The van der Waals surface area contributed by atoms with Crippen LogP contribution in [0.4, 0.5) is 24.7 Å². The number of hydrogen-bond donors (Lipinski definition) is 2. The molecular formula is C22H25F3N6O2. The summed E-state index contributed by atoms with van der Waals surface area (Å²) in [6.45, 7) is 1.40. The lowest BCUT2D eigenvalue weighted by molar-refractivity contribution is -0.137. The highest BCUT2D eigenvalue weighted by Gasteiger charge is 2.38. The molecule has 1 aliphatic carbocycles. The standard InChI is InChI=1S/C22H25F3N6O2/c1-30(17-11-33-12-17)16-6-7-19(13(8-16)9-26)31-10-18(20(27)32)21(29-31)28-15-4-2-14(3-5-15)22(23,24)25/h2-5,10,13,16-17,19H,6-8,11-12H2,1H3,(H2,27,32)(H,28,29)/t13-,16-,19?/m0/s1. The number of carbonyl (C=O) groups excluding carboxylic acids is 1. The first-order valence-electron chi connectivity index (χ1n) is 10.7. The van der Waals surface area contributed by atoms with Gasteiger partial charge in [0.15, 0.2) is 5.82 Å². The number of benzene rings is 1. The Balaban J connectivity index is 1.52. The Bertz CT molecular complexity index is 1040. The number of nitriles is 1. The summed E-state index contributed by atoms with van der Waals surface area (Å²) in [6, 6.07) is 7.18. The van der Waals surface area contributed by atoms with Gasteiger partial charge in [-0.05, 0) is 50.6 Å². The number of hydrogen-bond acceptors (Lipinski definition) is 6. The van der Waals surface area contributed by atoms with Crippen molar-refractivity contribution in [3.63, 3.8) is 0 Å². The third kappa shape index (κ3) is 4.82. The Morgan fingerprint density at radius 3 is 2.52 bits per heavy atom. The van der Waals surface area contributed by atoms with E-state index in [4.69, 9.17) is 10.5 Å². The number of likely N-dealkylation sites (N-methyl/N-ethyl adjacent to an activating group) is 1. The Hall–Kier alpha value is -3.10. The molecule has 1 unspecified atom stereocenters. The summed E-state index contributed by atoms with van der Waals surface area (Å²) >= 11 is 0. The van der Waals surface area contributed by atoms with Crippen LogP contribution in [0.15, 0.2) is 30.5 Å². The number of aromatic nitrogens is 2. The van der Waals surface area contributed by atoms with Gasteiger partial charge in [-0.25, -0.2) is 0 Å². The van der Waals surface area contributed by atoms with Crippen LogP contribution in [0.2, 0.25) is 0 Å². The Labute approximate surface area is 189 Å². The highest BCUT2D eigenvalue weighted by atomic mass is 19.4. The minimum Gasteiger partial charge on any atom is -0.378 e. The van der Waals surface area contributed by atoms with Gasteiger partial charge in [0.2, 0.25) is 0 Å². The number of carbonyl (C=O) groups is 1. The third-order valence-electron chi connectivity index (χ3n) is 6.54. The van der Waals surface area contributed by atoms with Gasteiger partial charge in [-0.1, -0.05) is 0 Å². The lowest BCUT2D eigenvalue weighted by atomic mass is 9.81. The molecule has 3 N–H and O–H groups in total. The summed E-state index contributed by atoms with van der Waals surface area (Å²) in [7, 11) is 2.05. The number of primary amides is 1.